The van der Waals surface area contributed by atoms with Gasteiger partial charge in [-0.05, 0) is 57.9 Å². The molecule has 0 aliphatic heterocycles. The molecule has 1 rings (SSSR count). The van der Waals surface area contributed by atoms with E-state index in [0.29, 0.717) is 5.41 Å². The molecule has 0 amide bonds. The molecule has 1 N–H and O–H groups in total. The van der Waals surface area contributed by atoms with E-state index in [1.54, 1.807) is 6.08 Å². The summed E-state index contributed by atoms with van der Waals surface area (Å²) in [6.45, 7) is 13.4. The number of aliphatic hydroxyl groups excluding tert-OH is 1. The van der Waals surface area contributed by atoms with Crippen molar-refractivity contribution in [2.45, 2.75) is 60.8 Å². The molecule has 1 aliphatic rings. The van der Waals surface area contributed by atoms with Gasteiger partial charge >= 0.3 is 0 Å². The van der Waals surface area contributed by atoms with Gasteiger partial charge in [-0.25, -0.2) is 0 Å². The Morgan fingerprint density at radius 1 is 0.833 bits per heavy atom. The average Bonchev–Trinajstić information content (AvgIpc) is 2.67. The maximum absolute atomic E-state index is 8.69. The molecule has 1 heteroatoms. The van der Waals surface area contributed by atoms with E-state index in [0.717, 1.165) is 5.57 Å². The van der Waals surface area contributed by atoms with Crippen molar-refractivity contribution < 1.29 is 5.11 Å². The molecule has 0 aromatic heterocycles. The second-order valence-electron chi connectivity index (χ2n) is 8.71. The molecule has 0 atom stereocenters. The third-order valence-corrected chi connectivity index (χ3v) is 5.31. The highest BCUT2D eigenvalue weighted by molar-refractivity contribution is 5.37. The van der Waals surface area contributed by atoms with Crippen LogP contribution < -0.4 is 0 Å². The highest BCUT2D eigenvalue weighted by Crippen LogP contribution is 2.40. The average molecular weight is 405 g/mol. The lowest BCUT2D eigenvalue weighted by Gasteiger charge is -2.32. The van der Waals surface area contributed by atoms with E-state index in [1.165, 1.54) is 41.6 Å². The van der Waals surface area contributed by atoms with Crippen LogP contribution >= 0.6 is 0 Å². The van der Waals surface area contributed by atoms with Crippen molar-refractivity contribution in [2.75, 3.05) is 6.61 Å². The molecule has 0 aromatic carbocycles. The van der Waals surface area contributed by atoms with Crippen molar-refractivity contribution in [1.29, 1.82) is 0 Å². The number of hydrogen-bond acceptors (Lipinski definition) is 1. The summed E-state index contributed by atoms with van der Waals surface area (Å²) in [5.41, 5.74) is 6.97. The van der Waals surface area contributed by atoms with Gasteiger partial charge in [-0.15, -0.1) is 0 Å². The van der Waals surface area contributed by atoms with E-state index >= 15 is 0 Å². The van der Waals surface area contributed by atoms with Crippen LogP contribution in [0.15, 0.2) is 107 Å². The van der Waals surface area contributed by atoms with Crippen molar-refractivity contribution in [2.24, 2.45) is 5.41 Å². The molecule has 0 heterocycles. The van der Waals surface area contributed by atoms with E-state index in [9.17, 15) is 0 Å². The van der Waals surface area contributed by atoms with Gasteiger partial charge in [0.2, 0.25) is 0 Å². The van der Waals surface area contributed by atoms with E-state index in [1.807, 2.05) is 24.3 Å². The van der Waals surface area contributed by atoms with Crippen molar-refractivity contribution in [3.63, 3.8) is 0 Å². The van der Waals surface area contributed by atoms with Gasteiger partial charge in [0, 0.05) is 0 Å². The van der Waals surface area contributed by atoms with Gasteiger partial charge in [-0.2, -0.15) is 0 Å². The second kappa shape index (κ2) is 13.8. The smallest absolute Gasteiger partial charge is 0.0615 e. The minimum atomic E-state index is 0.0749. The van der Waals surface area contributed by atoms with Crippen LogP contribution in [0.1, 0.15) is 60.8 Å². The first-order chi connectivity index (χ1) is 14.3. The quantitative estimate of drug-likeness (QED) is 0.385. The largest absolute Gasteiger partial charge is 0.392 e. The van der Waals surface area contributed by atoms with Gasteiger partial charge in [0.05, 0.1) is 6.61 Å². The normalized spacial score (nSPS) is 19.6. The zero-order valence-electron chi connectivity index (χ0n) is 19.8. The maximum atomic E-state index is 8.69. The lowest BCUT2D eigenvalue weighted by Crippen LogP contribution is -2.19. The lowest BCUT2D eigenvalue weighted by atomic mass is 9.72. The molecule has 162 valence electrons. The molecule has 0 saturated heterocycles. The Labute approximate surface area is 185 Å². The van der Waals surface area contributed by atoms with Crippen molar-refractivity contribution >= 4 is 0 Å². The monoisotopic (exact) mass is 404 g/mol. The SMILES string of the molecule is CC1=C(/C=C/C(C)=C/C=C/C(C)=C/C=C/C=C(C)/C=C/C=C/CO)C(C)(C)CCC1. The van der Waals surface area contributed by atoms with E-state index in [-0.39, 0.29) is 6.61 Å². The van der Waals surface area contributed by atoms with Gasteiger partial charge < -0.3 is 5.11 Å². The third-order valence-electron chi connectivity index (χ3n) is 5.31. The highest BCUT2D eigenvalue weighted by Gasteiger charge is 2.26. The van der Waals surface area contributed by atoms with Crippen molar-refractivity contribution in [3.05, 3.63) is 107 Å². The summed E-state index contributed by atoms with van der Waals surface area (Å²) in [5.74, 6) is 0. The van der Waals surface area contributed by atoms with Gasteiger partial charge in [-0.1, -0.05) is 115 Å². The maximum Gasteiger partial charge on any atom is 0.0615 e. The molecule has 0 spiro atoms. The fourth-order valence-corrected chi connectivity index (χ4v) is 3.50. The molecule has 1 aliphatic carbocycles. The third kappa shape index (κ3) is 10.4. The lowest BCUT2D eigenvalue weighted by molar-refractivity contribution is 0.343. The minimum absolute atomic E-state index is 0.0749. The first-order valence-corrected chi connectivity index (χ1v) is 11.0. The standard InChI is InChI=1S/C29H40O/c1-24(14-8-7-11-23-30)15-9-10-16-25(2)17-12-18-26(3)20-21-28-27(4)19-13-22-29(28,5)6/h7-12,14-18,20-21,30H,13,19,22-23H2,1-6H3/b10-9+,11-7+,14-8+,17-12+,21-20+,24-15+,25-16+,26-18+. The minimum Gasteiger partial charge on any atom is -0.392 e. The Bertz CT molecular complexity index is 814. The van der Waals surface area contributed by atoms with Crippen molar-refractivity contribution in [3.8, 4) is 0 Å². The Morgan fingerprint density at radius 2 is 1.40 bits per heavy atom. The predicted molar refractivity (Wildman–Crippen MR) is 134 cm³/mol. The Kier molecular flexibility index (Phi) is 11.8. The molecular weight excluding hydrogens is 364 g/mol. The van der Waals surface area contributed by atoms with Crippen molar-refractivity contribution in [1.82, 2.24) is 0 Å². The van der Waals surface area contributed by atoms with E-state index in [4.69, 9.17) is 5.11 Å². The van der Waals surface area contributed by atoms with Crippen LogP contribution in [0.3, 0.4) is 0 Å². The molecule has 0 bridgehead atoms. The van der Waals surface area contributed by atoms with Crippen LogP contribution in [0.2, 0.25) is 0 Å². The van der Waals surface area contributed by atoms with Gasteiger partial charge in [0.15, 0.2) is 0 Å². The molecule has 0 unspecified atom stereocenters. The van der Waals surface area contributed by atoms with Gasteiger partial charge in [0.1, 0.15) is 0 Å². The van der Waals surface area contributed by atoms with Crippen LogP contribution in [0, 0.1) is 5.41 Å². The zero-order chi connectivity index (χ0) is 22.4. The Balaban J connectivity index is 2.63. The van der Waals surface area contributed by atoms with Crippen LogP contribution in [0.25, 0.3) is 0 Å². The summed E-state index contributed by atoms with van der Waals surface area (Å²) in [6, 6.07) is 0. The van der Waals surface area contributed by atoms with Crippen LogP contribution in [-0.4, -0.2) is 11.7 Å². The van der Waals surface area contributed by atoms with E-state index in [2.05, 4.69) is 90.2 Å². The molecule has 0 radical (unpaired) electrons. The number of rotatable bonds is 9. The molecule has 0 aromatic rings. The molecule has 30 heavy (non-hydrogen) atoms. The summed E-state index contributed by atoms with van der Waals surface area (Å²) >= 11 is 0. The predicted octanol–water partition coefficient (Wildman–Crippen LogP) is 8.13. The molecular formula is C29H40O. The topological polar surface area (TPSA) is 20.2 Å². The Hall–Kier alpha value is -2.38. The van der Waals surface area contributed by atoms with Gasteiger partial charge in [0.25, 0.3) is 0 Å². The first kappa shape index (κ1) is 25.7. The highest BCUT2D eigenvalue weighted by atomic mass is 16.2. The fourth-order valence-electron chi connectivity index (χ4n) is 3.50. The summed E-state index contributed by atoms with van der Waals surface area (Å²) in [5, 5.41) is 8.69. The number of allylic oxidation sites excluding steroid dienone is 17. The van der Waals surface area contributed by atoms with Crippen LogP contribution in [0.5, 0.6) is 0 Å². The molecule has 0 saturated carbocycles. The second-order valence-corrected chi connectivity index (χ2v) is 8.71. The summed E-state index contributed by atoms with van der Waals surface area (Å²) < 4.78 is 0. The summed E-state index contributed by atoms with van der Waals surface area (Å²) in [7, 11) is 0. The van der Waals surface area contributed by atoms with Crippen LogP contribution in [-0.2, 0) is 0 Å². The zero-order valence-corrected chi connectivity index (χ0v) is 19.8. The Morgan fingerprint density at radius 3 is 2.00 bits per heavy atom. The molecule has 0 fully saturated rings. The van der Waals surface area contributed by atoms with Gasteiger partial charge in [-0.3, -0.25) is 0 Å². The molecule has 1 nitrogen and oxygen atoms in total. The first-order valence-electron chi connectivity index (χ1n) is 11.0. The van der Waals surface area contributed by atoms with Crippen LogP contribution in [0.4, 0.5) is 0 Å². The fraction of sp³-hybridized carbons (Fsp3) is 0.379. The number of hydrogen-bond donors (Lipinski definition) is 1. The summed E-state index contributed by atoms with van der Waals surface area (Å²) in [6.07, 6.45) is 30.5. The number of aliphatic hydroxyl groups is 1. The van der Waals surface area contributed by atoms with E-state index < -0.39 is 0 Å². The summed E-state index contributed by atoms with van der Waals surface area (Å²) in [4.78, 5) is 0.